The maximum Gasteiger partial charge on any atom is 0.303 e. The Balaban J connectivity index is 1.59. The average Bonchev–Trinajstić information content (AvgIpc) is 3.61. The van der Waals surface area contributed by atoms with Gasteiger partial charge in [-0.3, -0.25) is 9.59 Å². The molecule has 1 N–H and O–H groups in total. The summed E-state index contributed by atoms with van der Waals surface area (Å²) in [5.74, 6) is 1.41. The van der Waals surface area contributed by atoms with E-state index < -0.39 is 23.6 Å². The van der Waals surface area contributed by atoms with Crippen molar-refractivity contribution in [3.05, 3.63) is 23.8 Å². The molecule has 4 atom stereocenters. The monoisotopic (exact) mass is 487 g/mol. The van der Waals surface area contributed by atoms with Crippen molar-refractivity contribution in [3.8, 4) is 11.5 Å². The molecule has 35 heavy (non-hydrogen) atoms. The standard InChI is InChI=1S/C28H41NO6/c1-18(30)28(3)17-29(27(32)26(35-19(2)31)21-8-6-5-7-9-21)15-23(28)22-12-13-24(33-4)25(14-22)34-16-20-10-11-20/h12-14,18,20-21,23,26,30H,5-11,15-17H2,1-4H3/t18?,23?,26-,28?/m0/s1. The van der Waals surface area contributed by atoms with E-state index in [0.29, 0.717) is 37.1 Å². The number of likely N-dealkylation sites (tertiary alicyclic amines) is 1. The summed E-state index contributed by atoms with van der Waals surface area (Å²) in [6, 6.07) is 5.92. The molecule has 3 fully saturated rings. The first kappa shape index (κ1) is 25.8. The van der Waals surface area contributed by atoms with Crippen molar-refractivity contribution in [2.75, 3.05) is 26.8 Å². The van der Waals surface area contributed by atoms with Gasteiger partial charge in [-0.15, -0.1) is 0 Å². The zero-order valence-corrected chi connectivity index (χ0v) is 21.6. The largest absolute Gasteiger partial charge is 0.493 e. The number of aliphatic hydroxyl groups is 1. The molecule has 3 unspecified atom stereocenters. The van der Waals surface area contributed by atoms with Gasteiger partial charge >= 0.3 is 5.97 Å². The molecule has 194 valence electrons. The van der Waals surface area contributed by atoms with Crippen molar-refractivity contribution in [2.24, 2.45) is 17.3 Å². The first-order valence-corrected chi connectivity index (χ1v) is 13.2. The van der Waals surface area contributed by atoms with Crippen LogP contribution in [-0.2, 0) is 14.3 Å². The van der Waals surface area contributed by atoms with Gasteiger partial charge in [-0.25, -0.2) is 0 Å². The molecule has 0 radical (unpaired) electrons. The molecule has 1 heterocycles. The maximum atomic E-state index is 13.7. The van der Waals surface area contributed by atoms with Crippen LogP contribution in [0.25, 0.3) is 0 Å². The Morgan fingerprint density at radius 3 is 2.46 bits per heavy atom. The Morgan fingerprint density at radius 2 is 1.86 bits per heavy atom. The van der Waals surface area contributed by atoms with Crippen molar-refractivity contribution in [2.45, 2.75) is 83.8 Å². The summed E-state index contributed by atoms with van der Waals surface area (Å²) < 4.78 is 17.2. The van der Waals surface area contributed by atoms with Crippen molar-refractivity contribution >= 4 is 11.9 Å². The number of aliphatic hydroxyl groups excluding tert-OH is 1. The summed E-state index contributed by atoms with van der Waals surface area (Å²) in [5.41, 5.74) is 0.461. The Kier molecular flexibility index (Phi) is 7.94. The van der Waals surface area contributed by atoms with Gasteiger partial charge < -0.3 is 24.2 Å². The van der Waals surface area contributed by atoms with Crippen LogP contribution >= 0.6 is 0 Å². The summed E-state index contributed by atoms with van der Waals surface area (Å²) in [6.07, 6.45) is 6.08. The highest BCUT2D eigenvalue weighted by Crippen LogP contribution is 2.47. The Bertz CT molecular complexity index is 907. The normalized spacial score (nSPS) is 26.8. The number of carbonyl (C=O) groups excluding carboxylic acids is 2. The molecule has 0 aromatic heterocycles. The molecule has 0 bridgehead atoms. The van der Waals surface area contributed by atoms with E-state index in [-0.39, 0.29) is 17.7 Å². The number of rotatable bonds is 9. The number of amides is 1. The smallest absolute Gasteiger partial charge is 0.303 e. The molecule has 1 aromatic rings. The highest BCUT2D eigenvalue weighted by atomic mass is 16.5. The number of carbonyl (C=O) groups is 2. The third kappa shape index (κ3) is 5.76. The molecule has 3 aliphatic rings. The van der Waals surface area contributed by atoms with E-state index in [9.17, 15) is 14.7 Å². The zero-order chi connectivity index (χ0) is 25.2. The number of nitrogens with zero attached hydrogens (tertiary/aromatic N) is 1. The molecule has 2 saturated carbocycles. The molecule has 2 aliphatic carbocycles. The van der Waals surface area contributed by atoms with Crippen LogP contribution in [0.1, 0.15) is 77.2 Å². The second kappa shape index (κ2) is 10.8. The highest BCUT2D eigenvalue weighted by Gasteiger charge is 2.50. The maximum absolute atomic E-state index is 13.7. The van der Waals surface area contributed by atoms with E-state index >= 15 is 0 Å². The Hall–Kier alpha value is -2.28. The SMILES string of the molecule is COc1ccc(C2CN(C(=O)[C@@H](OC(C)=O)C3CCCCC3)CC2(C)C(C)O)cc1OCC1CC1. The number of hydrogen-bond acceptors (Lipinski definition) is 6. The average molecular weight is 488 g/mol. The van der Waals surface area contributed by atoms with Gasteiger partial charge in [0.1, 0.15) is 0 Å². The third-order valence-electron chi connectivity index (χ3n) is 8.37. The van der Waals surface area contributed by atoms with Gasteiger partial charge in [0.15, 0.2) is 17.6 Å². The molecule has 4 rings (SSSR count). The number of ether oxygens (including phenoxy) is 3. The van der Waals surface area contributed by atoms with E-state index in [0.717, 1.165) is 37.7 Å². The fourth-order valence-corrected chi connectivity index (χ4v) is 5.75. The molecule has 1 amide bonds. The molecule has 1 aromatic carbocycles. The summed E-state index contributed by atoms with van der Waals surface area (Å²) in [5, 5.41) is 10.9. The molecule has 0 spiro atoms. The van der Waals surface area contributed by atoms with Gasteiger partial charge in [-0.2, -0.15) is 0 Å². The van der Waals surface area contributed by atoms with Crippen molar-refractivity contribution in [3.63, 3.8) is 0 Å². The van der Waals surface area contributed by atoms with Gasteiger partial charge in [0.05, 0.1) is 19.8 Å². The minimum Gasteiger partial charge on any atom is -0.493 e. The van der Waals surface area contributed by atoms with E-state index in [1.165, 1.54) is 19.8 Å². The summed E-state index contributed by atoms with van der Waals surface area (Å²) >= 11 is 0. The quantitative estimate of drug-likeness (QED) is 0.523. The number of esters is 1. The second-order valence-corrected chi connectivity index (χ2v) is 11.0. The number of methoxy groups -OCH3 is 1. The van der Waals surface area contributed by atoms with Crippen molar-refractivity contribution in [1.82, 2.24) is 4.90 Å². The number of hydrogen-bond donors (Lipinski definition) is 1. The minimum atomic E-state index is -0.752. The Labute approximate surface area is 209 Å². The van der Waals surface area contributed by atoms with Crippen LogP contribution < -0.4 is 9.47 Å². The molecular formula is C28H41NO6. The van der Waals surface area contributed by atoms with Gasteiger partial charge in [0, 0.05) is 37.3 Å². The van der Waals surface area contributed by atoms with E-state index in [1.54, 1.807) is 18.9 Å². The van der Waals surface area contributed by atoms with Crippen LogP contribution in [0.5, 0.6) is 11.5 Å². The van der Waals surface area contributed by atoms with Gasteiger partial charge in [-0.05, 0) is 56.2 Å². The topological polar surface area (TPSA) is 85.3 Å². The predicted octanol–water partition coefficient (Wildman–Crippen LogP) is 4.31. The number of benzene rings is 1. The molecular weight excluding hydrogens is 446 g/mol. The van der Waals surface area contributed by atoms with Crippen molar-refractivity contribution in [1.29, 1.82) is 0 Å². The lowest BCUT2D eigenvalue weighted by Gasteiger charge is -2.34. The third-order valence-corrected chi connectivity index (χ3v) is 8.37. The summed E-state index contributed by atoms with van der Waals surface area (Å²) in [6.45, 7) is 6.73. The van der Waals surface area contributed by atoms with Gasteiger partial charge in [0.2, 0.25) is 0 Å². The van der Waals surface area contributed by atoms with Crippen LogP contribution in [0, 0.1) is 17.3 Å². The minimum absolute atomic E-state index is 0.0559. The lowest BCUT2D eigenvalue weighted by molar-refractivity contribution is -0.163. The van der Waals surface area contributed by atoms with E-state index in [2.05, 4.69) is 0 Å². The predicted molar refractivity (Wildman–Crippen MR) is 132 cm³/mol. The summed E-state index contributed by atoms with van der Waals surface area (Å²) in [4.78, 5) is 27.4. The van der Waals surface area contributed by atoms with Crippen LogP contribution in [0.15, 0.2) is 18.2 Å². The fourth-order valence-electron chi connectivity index (χ4n) is 5.75. The fraction of sp³-hybridized carbons (Fsp3) is 0.714. The second-order valence-electron chi connectivity index (χ2n) is 11.0. The zero-order valence-electron chi connectivity index (χ0n) is 21.6. The lowest BCUT2D eigenvalue weighted by Crippen LogP contribution is -2.46. The first-order chi connectivity index (χ1) is 16.7. The molecule has 7 nitrogen and oxygen atoms in total. The van der Waals surface area contributed by atoms with Gasteiger partial charge in [-0.1, -0.05) is 32.3 Å². The molecule has 1 aliphatic heterocycles. The van der Waals surface area contributed by atoms with Crippen LogP contribution in [0.3, 0.4) is 0 Å². The highest BCUT2D eigenvalue weighted by molar-refractivity contribution is 5.84. The van der Waals surface area contributed by atoms with Crippen LogP contribution in [0.2, 0.25) is 0 Å². The van der Waals surface area contributed by atoms with E-state index in [4.69, 9.17) is 14.2 Å². The summed E-state index contributed by atoms with van der Waals surface area (Å²) in [7, 11) is 1.63. The van der Waals surface area contributed by atoms with Gasteiger partial charge in [0.25, 0.3) is 5.91 Å². The van der Waals surface area contributed by atoms with Crippen LogP contribution in [-0.4, -0.2) is 60.9 Å². The first-order valence-electron chi connectivity index (χ1n) is 13.2. The van der Waals surface area contributed by atoms with Crippen molar-refractivity contribution < 1.29 is 28.9 Å². The van der Waals surface area contributed by atoms with Crippen LogP contribution in [0.4, 0.5) is 0 Å². The van der Waals surface area contributed by atoms with E-state index in [1.807, 2.05) is 25.1 Å². The molecule has 1 saturated heterocycles. The Morgan fingerprint density at radius 1 is 1.14 bits per heavy atom. The molecule has 7 heteroatoms. The lowest BCUT2D eigenvalue weighted by atomic mass is 9.72.